The summed E-state index contributed by atoms with van der Waals surface area (Å²) < 4.78 is 0. The molecule has 4 rings (SSSR count). The fraction of sp³-hybridized carbons (Fsp3) is 0.238. The van der Waals surface area contributed by atoms with Gasteiger partial charge in [-0.1, -0.05) is 48.5 Å². The molecule has 0 saturated heterocycles. The maximum Gasteiger partial charge on any atom is 0.0729 e. The Bertz CT molecular complexity index is 768. The molecule has 1 heteroatoms. The number of allylic oxidation sites excluding steroid dienone is 2. The summed E-state index contributed by atoms with van der Waals surface area (Å²) in [5.41, 5.74) is 8.37. The lowest BCUT2D eigenvalue weighted by Crippen LogP contribution is -2.32. The van der Waals surface area contributed by atoms with Crippen LogP contribution in [-0.4, -0.2) is 11.4 Å². The summed E-state index contributed by atoms with van der Waals surface area (Å²) in [4.78, 5) is 2.49. The Hall–Kier alpha value is -2.28. The maximum atomic E-state index is 2.49. The fourth-order valence-electron chi connectivity index (χ4n) is 3.52. The molecule has 2 heterocycles. The molecule has 0 N–H and O–H groups in total. The Balaban J connectivity index is 1.80. The molecule has 0 radical (unpaired) electrons. The molecule has 0 aliphatic carbocycles. The minimum Gasteiger partial charge on any atom is -0.366 e. The van der Waals surface area contributed by atoms with Crippen LogP contribution >= 0.6 is 0 Å². The van der Waals surface area contributed by atoms with Gasteiger partial charge in [0.15, 0.2) is 0 Å². The van der Waals surface area contributed by atoms with Crippen molar-refractivity contribution in [2.45, 2.75) is 26.3 Å². The first kappa shape index (κ1) is 13.4. The maximum absolute atomic E-state index is 2.49. The van der Waals surface area contributed by atoms with E-state index in [0.717, 1.165) is 13.0 Å². The van der Waals surface area contributed by atoms with E-state index in [1.807, 2.05) is 0 Å². The Morgan fingerprint density at radius 2 is 1.73 bits per heavy atom. The van der Waals surface area contributed by atoms with Gasteiger partial charge < -0.3 is 4.90 Å². The first-order chi connectivity index (χ1) is 10.7. The van der Waals surface area contributed by atoms with Gasteiger partial charge in [-0.15, -0.1) is 0 Å². The van der Waals surface area contributed by atoms with Gasteiger partial charge >= 0.3 is 0 Å². The van der Waals surface area contributed by atoms with Crippen LogP contribution in [0.1, 0.15) is 31.0 Å². The second-order valence-electron chi connectivity index (χ2n) is 6.37. The summed E-state index contributed by atoms with van der Waals surface area (Å²) in [5.74, 6) is 0. The molecule has 2 aliphatic rings. The number of rotatable bonds is 1. The van der Waals surface area contributed by atoms with Crippen molar-refractivity contribution < 1.29 is 0 Å². The highest BCUT2D eigenvalue weighted by Crippen LogP contribution is 2.38. The van der Waals surface area contributed by atoms with Gasteiger partial charge in [-0.2, -0.15) is 0 Å². The van der Waals surface area contributed by atoms with Crippen molar-refractivity contribution >= 4 is 0 Å². The van der Waals surface area contributed by atoms with Crippen molar-refractivity contribution in [3.63, 3.8) is 0 Å². The van der Waals surface area contributed by atoms with E-state index >= 15 is 0 Å². The normalized spacial score (nSPS) is 19.9. The lowest BCUT2D eigenvalue weighted by atomic mass is 9.86. The zero-order chi connectivity index (χ0) is 15.1. The van der Waals surface area contributed by atoms with E-state index in [1.165, 1.54) is 33.4 Å². The SMILES string of the molecule is CC1=CC2c3cc(-c4ccccc4)ccc3CCN2C=C1C. The Morgan fingerprint density at radius 1 is 0.909 bits per heavy atom. The van der Waals surface area contributed by atoms with Crippen molar-refractivity contribution in [1.82, 2.24) is 4.90 Å². The van der Waals surface area contributed by atoms with Gasteiger partial charge in [0.1, 0.15) is 0 Å². The zero-order valence-corrected chi connectivity index (χ0v) is 13.2. The van der Waals surface area contributed by atoms with Gasteiger partial charge in [-0.05, 0) is 59.7 Å². The number of hydrogen-bond acceptors (Lipinski definition) is 1. The van der Waals surface area contributed by atoms with Crippen LogP contribution in [0.3, 0.4) is 0 Å². The average Bonchev–Trinajstić information content (AvgIpc) is 2.56. The van der Waals surface area contributed by atoms with E-state index in [-0.39, 0.29) is 0 Å². The molecule has 2 aromatic rings. The zero-order valence-electron chi connectivity index (χ0n) is 13.2. The van der Waals surface area contributed by atoms with E-state index < -0.39 is 0 Å². The number of hydrogen-bond donors (Lipinski definition) is 0. The molecule has 110 valence electrons. The molecular weight excluding hydrogens is 266 g/mol. The molecule has 1 unspecified atom stereocenters. The lowest BCUT2D eigenvalue weighted by molar-refractivity contribution is 0.301. The van der Waals surface area contributed by atoms with E-state index in [4.69, 9.17) is 0 Å². The lowest BCUT2D eigenvalue weighted by Gasteiger charge is -2.38. The van der Waals surface area contributed by atoms with Crippen LogP contribution in [-0.2, 0) is 6.42 Å². The fourth-order valence-corrected chi connectivity index (χ4v) is 3.52. The van der Waals surface area contributed by atoms with Gasteiger partial charge in [0.2, 0.25) is 0 Å². The van der Waals surface area contributed by atoms with Crippen molar-refractivity contribution in [2.24, 2.45) is 0 Å². The predicted molar refractivity (Wildman–Crippen MR) is 92.5 cm³/mol. The van der Waals surface area contributed by atoms with Crippen LogP contribution in [0.2, 0.25) is 0 Å². The summed E-state index contributed by atoms with van der Waals surface area (Å²) in [5, 5.41) is 0. The van der Waals surface area contributed by atoms with E-state index in [9.17, 15) is 0 Å². The number of nitrogens with zero attached hydrogens (tertiary/aromatic N) is 1. The van der Waals surface area contributed by atoms with Crippen molar-refractivity contribution in [1.29, 1.82) is 0 Å². The van der Waals surface area contributed by atoms with Gasteiger partial charge in [-0.3, -0.25) is 0 Å². The van der Waals surface area contributed by atoms with Gasteiger partial charge in [0, 0.05) is 12.7 Å². The van der Waals surface area contributed by atoms with Crippen molar-refractivity contribution in [2.75, 3.05) is 6.54 Å². The van der Waals surface area contributed by atoms with E-state index in [1.54, 1.807) is 0 Å². The monoisotopic (exact) mass is 287 g/mol. The van der Waals surface area contributed by atoms with Gasteiger partial charge in [-0.25, -0.2) is 0 Å². The molecule has 2 aromatic carbocycles. The largest absolute Gasteiger partial charge is 0.366 e. The average molecular weight is 287 g/mol. The van der Waals surface area contributed by atoms with Crippen LogP contribution in [0, 0.1) is 0 Å². The molecule has 0 spiro atoms. The minimum absolute atomic E-state index is 0.399. The van der Waals surface area contributed by atoms with Crippen LogP contribution in [0.25, 0.3) is 11.1 Å². The molecule has 0 aromatic heterocycles. The third-order valence-electron chi connectivity index (χ3n) is 4.96. The number of benzene rings is 2. The standard InChI is InChI=1S/C21H21N/c1-15-12-21-20-13-19(17-6-4-3-5-7-17)9-8-18(20)10-11-22(21)14-16(15)2/h3-9,12-14,21H,10-11H2,1-2H3. The van der Waals surface area contributed by atoms with Crippen LogP contribution in [0.4, 0.5) is 0 Å². The molecule has 0 saturated carbocycles. The van der Waals surface area contributed by atoms with Crippen LogP contribution in [0.15, 0.2) is 72.0 Å². The Labute approximate surface area is 132 Å². The summed E-state index contributed by atoms with van der Waals surface area (Å²) in [6.07, 6.45) is 5.89. The molecular formula is C21H21N. The summed E-state index contributed by atoms with van der Waals surface area (Å²) >= 11 is 0. The van der Waals surface area contributed by atoms with Crippen LogP contribution < -0.4 is 0 Å². The van der Waals surface area contributed by atoms with E-state index in [2.05, 4.69) is 79.6 Å². The second-order valence-corrected chi connectivity index (χ2v) is 6.37. The predicted octanol–water partition coefficient (Wildman–Crippen LogP) is 5.12. The third-order valence-corrected chi connectivity index (χ3v) is 4.96. The summed E-state index contributed by atoms with van der Waals surface area (Å²) in [6.45, 7) is 5.54. The Morgan fingerprint density at radius 3 is 2.55 bits per heavy atom. The van der Waals surface area contributed by atoms with Gasteiger partial charge in [0.25, 0.3) is 0 Å². The van der Waals surface area contributed by atoms with E-state index in [0.29, 0.717) is 6.04 Å². The molecule has 1 atom stereocenters. The summed E-state index contributed by atoms with van der Waals surface area (Å²) in [7, 11) is 0. The minimum atomic E-state index is 0.399. The molecule has 2 aliphatic heterocycles. The molecule has 0 bridgehead atoms. The molecule has 22 heavy (non-hydrogen) atoms. The highest BCUT2D eigenvalue weighted by Gasteiger charge is 2.26. The smallest absolute Gasteiger partial charge is 0.0729 e. The molecule has 0 amide bonds. The Kier molecular flexibility index (Phi) is 3.15. The van der Waals surface area contributed by atoms with Crippen molar-refractivity contribution in [3.05, 3.63) is 83.1 Å². The number of fused-ring (bicyclic) bond motifs is 3. The van der Waals surface area contributed by atoms with Gasteiger partial charge in [0.05, 0.1) is 6.04 Å². The quantitative estimate of drug-likeness (QED) is 0.704. The molecule has 0 fully saturated rings. The summed E-state index contributed by atoms with van der Waals surface area (Å²) in [6, 6.07) is 18.0. The molecule has 1 nitrogen and oxygen atoms in total. The third kappa shape index (κ3) is 2.18. The van der Waals surface area contributed by atoms with Crippen LogP contribution in [0.5, 0.6) is 0 Å². The topological polar surface area (TPSA) is 3.24 Å². The first-order valence-corrected chi connectivity index (χ1v) is 8.03. The highest BCUT2D eigenvalue weighted by atomic mass is 15.1. The second kappa shape index (κ2) is 5.17. The first-order valence-electron chi connectivity index (χ1n) is 8.03. The van der Waals surface area contributed by atoms with Crippen molar-refractivity contribution in [3.8, 4) is 11.1 Å². The highest BCUT2D eigenvalue weighted by molar-refractivity contribution is 5.65.